The standard InChI is InChI=1S/C17H21N5O6S2/c1-11-16(29-17(24)18-11)30(27,28)21-8-6-20(7-9-21)15(23)12-4-5-13(19(2)3)14(10-12)22(25)26/h4-5,10H,6-9H2,1-3H3,(H,18,24). The van der Waals surface area contributed by atoms with Crippen molar-refractivity contribution in [2.45, 2.75) is 11.1 Å². The maximum atomic E-state index is 12.8. The lowest BCUT2D eigenvalue weighted by Gasteiger charge is -2.33. The van der Waals surface area contributed by atoms with Crippen LogP contribution in [0.3, 0.4) is 0 Å². The lowest BCUT2D eigenvalue weighted by Crippen LogP contribution is -2.50. The number of H-pyrrole nitrogens is 1. The van der Waals surface area contributed by atoms with Gasteiger partial charge in [-0.05, 0) is 19.1 Å². The van der Waals surface area contributed by atoms with Gasteiger partial charge in [0.25, 0.3) is 21.6 Å². The van der Waals surface area contributed by atoms with Crippen LogP contribution in [-0.4, -0.2) is 73.7 Å². The van der Waals surface area contributed by atoms with Gasteiger partial charge >= 0.3 is 4.87 Å². The number of piperazine rings is 1. The monoisotopic (exact) mass is 455 g/mol. The van der Waals surface area contributed by atoms with Crippen LogP contribution in [0.2, 0.25) is 0 Å². The number of hydrogen-bond donors (Lipinski definition) is 1. The average molecular weight is 456 g/mol. The molecule has 1 saturated heterocycles. The van der Waals surface area contributed by atoms with Crippen molar-refractivity contribution in [3.05, 3.63) is 49.2 Å². The quantitative estimate of drug-likeness (QED) is 0.521. The van der Waals surface area contributed by atoms with Gasteiger partial charge < -0.3 is 14.8 Å². The van der Waals surface area contributed by atoms with Crippen molar-refractivity contribution in [1.82, 2.24) is 14.2 Å². The Balaban J connectivity index is 1.76. The highest BCUT2D eigenvalue weighted by atomic mass is 32.2. The zero-order valence-electron chi connectivity index (χ0n) is 16.6. The second-order valence-corrected chi connectivity index (χ2v) is 10.1. The lowest BCUT2D eigenvalue weighted by atomic mass is 10.1. The van der Waals surface area contributed by atoms with Gasteiger partial charge in [-0.25, -0.2) is 8.42 Å². The van der Waals surface area contributed by atoms with E-state index in [1.807, 2.05) is 0 Å². The van der Waals surface area contributed by atoms with Crippen LogP contribution in [0.5, 0.6) is 0 Å². The van der Waals surface area contributed by atoms with E-state index in [9.17, 15) is 28.1 Å². The second kappa shape index (κ2) is 8.16. The van der Waals surface area contributed by atoms with Crippen molar-refractivity contribution >= 4 is 38.6 Å². The Morgan fingerprint density at radius 3 is 2.37 bits per heavy atom. The van der Waals surface area contributed by atoms with E-state index in [0.29, 0.717) is 17.0 Å². The predicted octanol–water partition coefficient (Wildman–Crippen LogP) is 0.866. The highest BCUT2D eigenvalue weighted by Gasteiger charge is 2.33. The fourth-order valence-corrected chi connectivity index (χ4v) is 6.11. The average Bonchev–Trinajstić information content (AvgIpc) is 3.05. The number of aromatic nitrogens is 1. The third-order valence-electron chi connectivity index (χ3n) is 4.78. The summed E-state index contributed by atoms with van der Waals surface area (Å²) < 4.78 is 26.8. The van der Waals surface area contributed by atoms with Crippen LogP contribution in [0.15, 0.2) is 27.2 Å². The summed E-state index contributed by atoms with van der Waals surface area (Å²) in [6, 6.07) is 4.28. The molecular formula is C17H21N5O6S2. The fraction of sp³-hybridized carbons (Fsp3) is 0.412. The zero-order chi connectivity index (χ0) is 22.2. The Morgan fingerprint density at radius 1 is 1.23 bits per heavy atom. The molecule has 3 rings (SSSR count). The van der Waals surface area contributed by atoms with Crippen LogP contribution in [0.1, 0.15) is 16.1 Å². The summed E-state index contributed by atoms with van der Waals surface area (Å²) in [5, 5.41) is 11.4. The van der Waals surface area contributed by atoms with Crippen LogP contribution >= 0.6 is 11.3 Å². The summed E-state index contributed by atoms with van der Waals surface area (Å²) >= 11 is 0.638. The zero-order valence-corrected chi connectivity index (χ0v) is 18.2. The van der Waals surface area contributed by atoms with Gasteiger partial charge in [-0.2, -0.15) is 4.31 Å². The van der Waals surface area contributed by atoms with E-state index < -0.39 is 25.7 Å². The number of nitro benzene ring substituents is 1. The smallest absolute Gasteiger partial charge is 0.305 e. The molecule has 0 radical (unpaired) electrons. The molecule has 0 unspecified atom stereocenters. The SMILES string of the molecule is Cc1[nH]c(=O)sc1S(=O)(=O)N1CCN(C(=O)c2ccc(N(C)C)c([N+](=O)[O-])c2)CC1. The van der Waals surface area contributed by atoms with Crippen molar-refractivity contribution in [3.8, 4) is 0 Å². The minimum absolute atomic E-state index is 0.0258. The predicted molar refractivity (Wildman–Crippen MR) is 112 cm³/mol. The first kappa shape index (κ1) is 21.9. The molecule has 11 nitrogen and oxygen atoms in total. The van der Waals surface area contributed by atoms with Crippen molar-refractivity contribution < 1.29 is 18.1 Å². The summed E-state index contributed by atoms with van der Waals surface area (Å²) in [7, 11) is -0.485. The first-order chi connectivity index (χ1) is 14.0. The van der Waals surface area contributed by atoms with Gasteiger partial charge in [0.1, 0.15) is 5.69 Å². The Labute approximate surface area is 176 Å². The molecule has 0 atom stereocenters. The van der Waals surface area contributed by atoms with Gasteiger partial charge in [-0.1, -0.05) is 11.3 Å². The van der Waals surface area contributed by atoms with E-state index >= 15 is 0 Å². The van der Waals surface area contributed by atoms with Crippen molar-refractivity contribution in [3.63, 3.8) is 0 Å². The first-order valence-corrected chi connectivity index (χ1v) is 11.2. The molecule has 1 N–H and O–H groups in total. The number of aryl methyl sites for hydroxylation is 1. The maximum absolute atomic E-state index is 12.8. The Kier molecular flexibility index (Phi) is 5.97. The van der Waals surface area contributed by atoms with Crippen LogP contribution < -0.4 is 9.77 Å². The number of hydrogen-bond acceptors (Lipinski definition) is 8. The minimum atomic E-state index is -3.83. The number of amides is 1. The third-order valence-corrected chi connectivity index (χ3v) is 8.26. The Morgan fingerprint density at radius 2 is 1.87 bits per heavy atom. The number of aromatic amines is 1. The molecule has 1 aromatic carbocycles. The van der Waals surface area contributed by atoms with E-state index in [4.69, 9.17) is 0 Å². The van der Waals surface area contributed by atoms with Gasteiger partial charge in [-0.3, -0.25) is 19.7 Å². The fourth-order valence-electron chi connectivity index (χ4n) is 3.25. The molecule has 0 saturated carbocycles. The normalized spacial score (nSPS) is 15.2. The van der Waals surface area contributed by atoms with Crippen molar-refractivity contribution in [2.24, 2.45) is 0 Å². The summed E-state index contributed by atoms with van der Waals surface area (Å²) in [6.07, 6.45) is 0. The molecule has 1 fully saturated rings. The number of sulfonamides is 1. The summed E-state index contributed by atoms with van der Waals surface area (Å²) in [5.41, 5.74) is 0.665. The van der Waals surface area contributed by atoms with Crippen LogP contribution in [0.4, 0.5) is 11.4 Å². The van der Waals surface area contributed by atoms with Crippen molar-refractivity contribution in [1.29, 1.82) is 0 Å². The number of nitrogens with zero attached hydrogens (tertiary/aromatic N) is 4. The number of thiazole rings is 1. The number of carbonyl (C=O) groups is 1. The van der Waals surface area contributed by atoms with Gasteiger partial charge in [0.2, 0.25) is 0 Å². The number of benzene rings is 1. The highest BCUT2D eigenvalue weighted by Crippen LogP contribution is 2.29. The van der Waals surface area contributed by atoms with Crippen LogP contribution in [0, 0.1) is 17.0 Å². The van der Waals surface area contributed by atoms with Gasteiger partial charge in [0.15, 0.2) is 4.21 Å². The molecule has 13 heteroatoms. The molecule has 0 spiro atoms. The number of nitro groups is 1. The molecule has 2 heterocycles. The molecule has 2 aromatic rings. The van der Waals surface area contributed by atoms with E-state index in [-0.39, 0.29) is 47.3 Å². The Hall–Kier alpha value is -2.77. The topological polar surface area (TPSA) is 137 Å². The van der Waals surface area contributed by atoms with Crippen LogP contribution in [0.25, 0.3) is 0 Å². The van der Waals surface area contributed by atoms with E-state index in [1.165, 1.54) is 34.3 Å². The number of anilines is 1. The molecule has 1 aromatic heterocycles. The molecule has 0 bridgehead atoms. The van der Waals surface area contributed by atoms with E-state index in [1.54, 1.807) is 19.0 Å². The highest BCUT2D eigenvalue weighted by molar-refractivity contribution is 7.91. The van der Waals surface area contributed by atoms with E-state index in [0.717, 1.165) is 0 Å². The molecule has 162 valence electrons. The van der Waals surface area contributed by atoms with Gasteiger partial charge in [0, 0.05) is 57.6 Å². The number of carbonyl (C=O) groups excluding carboxylic acids is 1. The maximum Gasteiger partial charge on any atom is 0.305 e. The third kappa shape index (κ3) is 4.08. The first-order valence-electron chi connectivity index (χ1n) is 8.97. The summed E-state index contributed by atoms with van der Waals surface area (Å²) in [5.74, 6) is -0.400. The second-order valence-electron chi connectivity index (χ2n) is 6.98. The lowest BCUT2D eigenvalue weighted by molar-refractivity contribution is -0.384. The molecule has 1 aliphatic heterocycles. The minimum Gasteiger partial charge on any atom is -0.372 e. The molecule has 1 amide bonds. The molecule has 0 aliphatic carbocycles. The molecular weight excluding hydrogens is 434 g/mol. The van der Waals surface area contributed by atoms with Gasteiger partial charge in [-0.15, -0.1) is 0 Å². The van der Waals surface area contributed by atoms with Crippen LogP contribution in [-0.2, 0) is 10.0 Å². The Bertz CT molecular complexity index is 1150. The summed E-state index contributed by atoms with van der Waals surface area (Å²) in [4.78, 5) is 40.2. The van der Waals surface area contributed by atoms with E-state index in [2.05, 4.69) is 4.98 Å². The molecule has 1 aliphatic rings. The molecule has 30 heavy (non-hydrogen) atoms. The number of nitrogens with one attached hydrogen (secondary N) is 1. The largest absolute Gasteiger partial charge is 0.372 e. The number of rotatable bonds is 5. The van der Waals surface area contributed by atoms with Gasteiger partial charge in [0.05, 0.1) is 4.92 Å². The summed E-state index contributed by atoms with van der Waals surface area (Å²) in [6.45, 7) is 1.93. The van der Waals surface area contributed by atoms with Crippen molar-refractivity contribution in [2.75, 3.05) is 45.2 Å².